The summed E-state index contributed by atoms with van der Waals surface area (Å²) in [6, 6.07) is 6.26. The van der Waals surface area contributed by atoms with Crippen LogP contribution >= 0.6 is 11.3 Å². The van der Waals surface area contributed by atoms with Gasteiger partial charge in [-0.15, -0.1) is 11.3 Å². The first kappa shape index (κ1) is 13.6. The van der Waals surface area contributed by atoms with Gasteiger partial charge in [0, 0.05) is 22.9 Å². The molecule has 106 valence electrons. The average molecular weight is 288 g/mol. The molecule has 1 aliphatic rings. The smallest absolute Gasteiger partial charge is 0.123 e. The number of ether oxygens (including phenoxy) is 1. The van der Waals surface area contributed by atoms with Crippen molar-refractivity contribution in [1.82, 2.24) is 4.98 Å². The van der Waals surface area contributed by atoms with E-state index in [1.54, 1.807) is 7.11 Å². The summed E-state index contributed by atoms with van der Waals surface area (Å²) in [5.74, 6) is 1.37. The van der Waals surface area contributed by atoms with Crippen LogP contribution in [0.15, 0.2) is 18.2 Å². The zero-order valence-corrected chi connectivity index (χ0v) is 12.8. The molecule has 1 aliphatic carbocycles. The molecule has 0 amide bonds. The number of nitrogens with two attached hydrogens (primary N) is 1. The minimum atomic E-state index is 0.447. The molecule has 0 spiro atoms. The van der Waals surface area contributed by atoms with Crippen LogP contribution in [0.3, 0.4) is 0 Å². The molecule has 1 atom stereocenters. The van der Waals surface area contributed by atoms with Gasteiger partial charge >= 0.3 is 0 Å². The van der Waals surface area contributed by atoms with Gasteiger partial charge < -0.3 is 10.5 Å². The SMILES string of the molecule is COc1ccc(-c2nc3c(s2)CCCC3CN)cc1C. The minimum absolute atomic E-state index is 0.447. The lowest BCUT2D eigenvalue weighted by Crippen LogP contribution is -2.17. The third-order valence-electron chi connectivity index (χ3n) is 4.00. The largest absolute Gasteiger partial charge is 0.496 e. The summed E-state index contributed by atoms with van der Waals surface area (Å²) in [5, 5.41) is 1.11. The molecule has 0 fully saturated rings. The predicted molar refractivity (Wildman–Crippen MR) is 83.6 cm³/mol. The van der Waals surface area contributed by atoms with E-state index in [4.69, 9.17) is 15.5 Å². The zero-order valence-electron chi connectivity index (χ0n) is 12.0. The Morgan fingerprint density at radius 2 is 2.30 bits per heavy atom. The minimum Gasteiger partial charge on any atom is -0.496 e. The van der Waals surface area contributed by atoms with Gasteiger partial charge in [-0.05, 0) is 49.9 Å². The Balaban J connectivity index is 1.99. The molecule has 3 nitrogen and oxygen atoms in total. The highest BCUT2D eigenvalue weighted by Crippen LogP contribution is 2.38. The molecule has 2 aromatic rings. The number of fused-ring (bicyclic) bond motifs is 1. The number of hydrogen-bond acceptors (Lipinski definition) is 4. The summed E-state index contributed by atoms with van der Waals surface area (Å²) < 4.78 is 5.32. The van der Waals surface area contributed by atoms with Crippen molar-refractivity contribution in [3.05, 3.63) is 34.3 Å². The second-order valence-corrected chi connectivity index (χ2v) is 6.42. The third-order valence-corrected chi connectivity index (χ3v) is 5.18. The summed E-state index contributed by atoms with van der Waals surface area (Å²) >= 11 is 1.82. The Hall–Kier alpha value is -1.39. The summed E-state index contributed by atoms with van der Waals surface area (Å²) in [5.41, 5.74) is 9.44. The molecule has 0 radical (unpaired) electrons. The van der Waals surface area contributed by atoms with E-state index in [1.807, 2.05) is 17.4 Å². The molecule has 0 aliphatic heterocycles. The topological polar surface area (TPSA) is 48.1 Å². The van der Waals surface area contributed by atoms with E-state index in [9.17, 15) is 0 Å². The molecule has 0 saturated carbocycles. The quantitative estimate of drug-likeness (QED) is 0.940. The van der Waals surface area contributed by atoms with E-state index in [0.717, 1.165) is 22.7 Å². The Morgan fingerprint density at radius 1 is 1.45 bits per heavy atom. The van der Waals surface area contributed by atoms with Crippen LogP contribution in [0.25, 0.3) is 10.6 Å². The highest BCUT2D eigenvalue weighted by molar-refractivity contribution is 7.15. The van der Waals surface area contributed by atoms with Gasteiger partial charge in [0.05, 0.1) is 12.8 Å². The lowest BCUT2D eigenvalue weighted by Gasteiger charge is -2.18. The first-order valence-electron chi connectivity index (χ1n) is 7.07. The van der Waals surface area contributed by atoms with Gasteiger partial charge in [-0.2, -0.15) is 0 Å². The molecule has 0 bridgehead atoms. The molecule has 1 unspecified atom stereocenters. The maximum absolute atomic E-state index is 5.88. The number of benzene rings is 1. The maximum atomic E-state index is 5.88. The standard InChI is InChI=1S/C16H20N2OS/c1-10-8-11(6-7-13(10)19-2)16-18-15-12(9-17)4-3-5-14(15)20-16/h6-8,12H,3-5,9,17H2,1-2H3. The molecule has 2 N–H and O–H groups in total. The van der Waals surface area contributed by atoms with Crippen LogP contribution in [0.5, 0.6) is 5.75 Å². The summed E-state index contributed by atoms with van der Waals surface area (Å²) in [7, 11) is 1.70. The first-order valence-corrected chi connectivity index (χ1v) is 7.89. The Kier molecular flexibility index (Phi) is 3.76. The molecule has 3 rings (SSSR count). The van der Waals surface area contributed by atoms with E-state index < -0.39 is 0 Å². The number of thiazole rings is 1. The van der Waals surface area contributed by atoms with E-state index in [1.165, 1.54) is 29.0 Å². The van der Waals surface area contributed by atoms with Crippen molar-refractivity contribution in [3.8, 4) is 16.3 Å². The highest BCUT2D eigenvalue weighted by Gasteiger charge is 2.24. The number of aryl methyl sites for hydroxylation is 2. The van der Waals surface area contributed by atoms with Crippen LogP contribution in [0.2, 0.25) is 0 Å². The fourth-order valence-corrected chi connectivity index (χ4v) is 4.06. The summed E-state index contributed by atoms with van der Waals surface area (Å²) in [6.45, 7) is 2.77. The second-order valence-electron chi connectivity index (χ2n) is 5.34. The molecule has 4 heteroatoms. The summed E-state index contributed by atoms with van der Waals surface area (Å²) in [6.07, 6.45) is 3.56. The van der Waals surface area contributed by atoms with Crippen molar-refractivity contribution in [2.75, 3.05) is 13.7 Å². The van der Waals surface area contributed by atoms with Crippen LogP contribution in [0.4, 0.5) is 0 Å². The Bertz CT molecular complexity index is 621. The third kappa shape index (κ3) is 2.34. The van der Waals surface area contributed by atoms with Crippen LogP contribution in [0, 0.1) is 6.92 Å². The molecular weight excluding hydrogens is 268 g/mol. The lowest BCUT2D eigenvalue weighted by molar-refractivity contribution is 0.412. The van der Waals surface area contributed by atoms with Crippen LogP contribution < -0.4 is 10.5 Å². The van der Waals surface area contributed by atoms with Gasteiger partial charge in [0.15, 0.2) is 0 Å². The van der Waals surface area contributed by atoms with Crippen LogP contribution in [-0.2, 0) is 6.42 Å². The van der Waals surface area contributed by atoms with Gasteiger partial charge in [0.2, 0.25) is 0 Å². The van der Waals surface area contributed by atoms with Crippen LogP contribution in [0.1, 0.15) is 34.9 Å². The van der Waals surface area contributed by atoms with E-state index in [2.05, 4.69) is 19.1 Å². The monoisotopic (exact) mass is 288 g/mol. The molecule has 1 heterocycles. The number of methoxy groups -OCH3 is 1. The van der Waals surface area contributed by atoms with Crippen molar-refractivity contribution in [2.24, 2.45) is 5.73 Å². The molecular formula is C16H20N2OS. The Morgan fingerprint density at radius 3 is 3.00 bits per heavy atom. The molecule has 0 saturated heterocycles. The fraction of sp³-hybridized carbons (Fsp3) is 0.438. The zero-order chi connectivity index (χ0) is 14.1. The van der Waals surface area contributed by atoms with Crippen LogP contribution in [-0.4, -0.2) is 18.6 Å². The fourth-order valence-electron chi connectivity index (χ4n) is 2.87. The van der Waals surface area contributed by atoms with E-state index >= 15 is 0 Å². The number of hydrogen-bond donors (Lipinski definition) is 1. The Labute approximate surface area is 123 Å². The van der Waals surface area contributed by atoms with E-state index in [0.29, 0.717) is 12.5 Å². The normalized spacial score (nSPS) is 17.9. The average Bonchev–Trinajstić information content (AvgIpc) is 2.91. The number of rotatable bonds is 3. The van der Waals surface area contributed by atoms with Gasteiger partial charge in [-0.3, -0.25) is 0 Å². The van der Waals surface area contributed by atoms with Crippen molar-refractivity contribution in [1.29, 1.82) is 0 Å². The van der Waals surface area contributed by atoms with Gasteiger partial charge in [0.25, 0.3) is 0 Å². The maximum Gasteiger partial charge on any atom is 0.123 e. The van der Waals surface area contributed by atoms with Gasteiger partial charge in [-0.25, -0.2) is 4.98 Å². The predicted octanol–water partition coefficient (Wildman–Crippen LogP) is 3.51. The number of nitrogens with zero attached hydrogens (tertiary/aromatic N) is 1. The van der Waals surface area contributed by atoms with Crippen molar-refractivity contribution in [2.45, 2.75) is 32.1 Å². The highest BCUT2D eigenvalue weighted by atomic mass is 32.1. The van der Waals surface area contributed by atoms with Gasteiger partial charge in [-0.1, -0.05) is 0 Å². The summed E-state index contributed by atoms with van der Waals surface area (Å²) in [4.78, 5) is 6.29. The lowest BCUT2D eigenvalue weighted by atomic mass is 9.91. The van der Waals surface area contributed by atoms with Crippen molar-refractivity contribution < 1.29 is 4.74 Å². The van der Waals surface area contributed by atoms with Gasteiger partial charge in [0.1, 0.15) is 10.8 Å². The molecule has 1 aromatic heterocycles. The van der Waals surface area contributed by atoms with E-state index in [-0.39, 0.29) is 0 Å². The molecule has 1 aromatic carbocycles. The molecule has 20 heavy (non-hydrogen) atoms. The number of aromatic nitrogens is 1. The van der Waals surface area contributed by atoms with Crippen molar-refractivity contribution in [3.63, 3.8) is 0 Å². The first-order chi connectivity index (χ1) is 9.72. The second kappa shape index (κ2) is 5.54. The van der Waals surface area contributed by atoms with Crippen molar-refractivity contribution >= 4 is 11.3 Å².